The van der Waals surface area contributed by atoms with Gasteiger partial charge in [0, 0.05) is 21.0 Å². The summed E-state index contributed by atoms with van der Waals surface area (Å²) in [5.74, 6) is -1.74. The highest BCUT2D eigenvalue weighted by molar-refractivity contribution is 9.10. The van der Waals surface area contributed by atoms with Gasteiger partial charge in [-0.25, -0.2) is 9.18 Å². The summed E-state index contributed by atoms with van der Waals surface area (Å²) in [4.78, 5) is 25.5. The summed E-state index contributed by atoms with van der Waals surface area (Å²) < 4.78 is 16.1. The first-order valence-corrected chi connectivity index (χ1v) is 9.65. The molecule has 1 aromatic heterocycles. The monoisotopic (exact) mass is 451 g/mol. The van der Waals surface area contributed by atoms with Gasteiger partial charge in [-0.2, -0.15) is 0 Å². The number of hydrogen-bond donors (Lipinski definition) is 1. The van der Waals surface area contributed by atoms with E-state index >= 15 is 0 Å². The van der Waals surface area contributed by atoms with Crippen molar-refractivity contribution in [2.24, 2.45) is 0 Å². The smallest absolute Gasteiger partial charge is 0.353 e. The van der Waals surface area contributed by atoms with Crippen LogP contribution in [-0.2, 0) is 6.54 Å². The van der Waals surface area contributed by atoms with Gasteiger partial charge in [-0.05, 0) is 35.2 Å². The maximum Gasteiger partial charge on any atom is 0.353 e. The van der Waals surface area contributed by atoms with Gasteiger partial charge in [0.2, 0.25) is 0 Å². The molecule has 1 heterocycles. The van der Waals surface area contributed by atoms with Gasteiger partial charge in [0.25, 0.3) is 5.56 Å². The van der Waals surface area contributed by atoms with Crippen molar-refractivity contribution in [1.29, 1.82) is 0 Å². The zero-order valence-electron chi connectivity index (χ0n) is 15.1. The van der Waals surface area contributed by atoms with E-state index in [9.17, 15) is 19.1 Å². The van der Waals surface area contributed by atoms with Crippen LogP contribution in [0, 0.1) is 5.82 Å². The summed E-state index contributed by atoms with van der Waals surface area (Å²) in [5.41, 5.74) is 0.677. The molecule has 0 amide bonds. The molecule has 29 heavy (non-hydrogen) atoms. The molecule has 0 saturated carbocycles. The Balaban J connectivity index is 2.14. The van der Waals surface area contributed by atoms with Crippen LogP contribution in [0.4, 0.5) is 4.39 Å². The number of nitrogens with zero attached hydrogens (tertiary/aromatic N) is 1. The normalized spacial score (nSPS) is 11.0. The van der Waals surface area contributed by atoms with Gasteiger partial charge in [-0.1, -0.05) is 64.5 Å². The van der Waals surface area contributed by atoms with E-state index < -0.39 is 17.3 Å². The number of carboxylic acids is 1. The Hall–Kier alpha value is -3.25. The average Bonchev–Trinajstić information content (AvgIpc) is 2.71. The highest BCUT2D eigenvalue weighted by Crippen LogP contribution is 2.32. The van der Waals surface area contributed by atoms with Gasteiger partial charge in [0.05, 0.1) is 6.54 Å². The molecule has 144 valence electrons. The predicted molar refractivity (Wildman–Crippen MR) is 114 cm³/mol. The van der Waals surface area contributed by atoms with Gasteiger partial charge < -0.3 is 5.11 Å². The first kappa shape index (κ1) is 19.1. The highest BCUT2D eigenvalue weighted by Gasteiger charge is 2.23. The van der Waals surface area contributed by atoms with Crippen LogP contribution in [0.25, 0.3) is 21.9 Å². The van der Waals surface area contributed by atoms with Crippen LogP contribution < -0.4 is 5.56 Å². The van der Waals surface area contributed by atoms with Crippen molar-refractivity contribution in [2.45, 2.75) is 6.54 Å². The number of carboxylic acid groups (broad SMARTS) is 1. The lowest BCUT2D eigenvalue weighted by atomic mass is 9.96. The number of carbonyl (C=O) groups is 1. The molecule has 0 unspecified atom stereocenters. The molecule has 0 aliphatic heterocycles. The van der Waals surface area contributed by atoms with Crippen molar-refractivity contribution >= 4 is 32.7 Å². The summed E-state index contributed by atoms with van der Waals surface area (Å²) in [5, 5.41) is 10.9. The average molecular weight is 452 g/mol. The summed E-state index contributed by atoms with van der Waals surface area (Å²) in [6, 6.07) is 20.2. The van der Waals surface area contributed by atoms with Crippen molar-refractivity contribution in [2.75, 3.05) is 0 Å². The first-order valence-electron chi connectivity index (χ1n) is 8.85. The van der Waals surface area contributed by atoms with Crippen LogP contribution in [0.1, 0.15) is 16.1 Å². The molecular weight excluding hydrogens is 437 g/mol. The van der Waals surface area contributed by atoms with Gasteiger partial charge in [-0.15, -0.1) is 0 Å². The number of fused-ring (bicyclic) bond motifs is 1. The Morgan fingerprint density at radius 3 is 2.34 bits per heavy atom. The first-order chi connectivity index (χ1) is 14.0. The minimum Gasteiger partial charge on any atom is -0.477 e. The standard InChI is InChI=1S/C23H15BrFNO3/c24-16-10-11-17-18(12-16)20(14-6-2-1-3-7-14)21(23(28)29)26(22(17)27)13-15-8-4-5-9-19(15)25/h1-12H,13H2,(H,28,29). The van der Waals surface area contributed by atoms with Crippen molar-refractivity contribution in [3.05, 3.63) is 105 Å². The lowest BCUT2D eigenvalue weighted by Crippen LogP contribution is -2.28. The summed E-state index contributed by atoms with van der Waals surface area (Å²) >= 11 is 3.40. The number of halogens is 2. The van der Waals surface area contributed by atoms with E-state index in [-0.39, 0.29) is 17.8 Å². The molecule has 0 aliphatic carbocycles. The lowest BCUT2D eigenvalue weighted by Gasteiger charge is -2.18. The van der Waals surface area contributed by atoms with E-state index in [0.717, 1.165) is 9.04 Å². The van der Waals surface area contributed by atoms with Crippen LogP contribution in [0.2, 0.25) is 0 Å². The quantitative estimate of drug-likeness (QED) is 0.456. The van der Waals surface area contributed by atoms with Crippen molar-refractivity contribution in [1.82, 2.24) is 4.57 Å². The van der Waals surface area contributed by atoms with Gasteiger partial charge in [0.15, 0.2) is 0 Å². The topological polar surface area (TPSA) is 59.3 Å². The van der Waals surface area contributed by atoms with E-state index in [2.05, 4.69) is 15.9 Å². The second-order valence-electron chi connectivity index (χ2n) is 6.57. The predicted octanol–water partition coefficient (Wildman–Crippen LogP) is 5.32. The molecule has 0 saturated heterocycles. The number of rotatable bonds is 4. The molecule has 6 heteroatoms. The third-order valence-electron chi connectivity index (χ3n) is 4.78. The van der Waals surface area contributed by atoms with Gasteiger partial charge in [-0.3, -0.25) is 9.36 Å². The number of pyridine rings is 1. The largest absolute Gasteiger partial charge is 0.477 e. The Labute approximate surface area is 174 Å². The summed E-state index contributed by atoms with van der Waals surface area (Å²) in [6.45, 7) is -0.182. The third kappa shape index (κ3) is 3.47. The molecule has 0 spiro atoms. The maximum atomic E-state index is 14.3. The molecule has 4 rings (SSSR count). The number of benzene rings is 3. The Morgan fingerprint density at radius 1 is 0.966 bits per heavy atom. The fourth-order valence-corrected chi connectivity index (χ4v) is 3.85. The summed E-state index contributed by atoms with van der Waals surface area (Å²) in [7, 11) is 0. The minimum absolute atomic E-state index is 0.171. The van der Waals surface area contributed by atoms with E-state index in [0.29, 0.717) is 21.9 Å². The van der Waals surface area contributed by atoms with Crippen molar-refractivity contribution in [3.63, 3.8) is 0 Å². The number of aromatic nitrogens is 1. The Bertz CT molecular complexity index is 1300. The molecule has 0 fully saturated rings. The molecule has 0 radical (unpaired) electrons. The maximum absolute atomic E-state index is 14.3. The Kier molecular flexibility index (Phi) is 5.03. The fraction of sp³-hybridized carbons (Fsp3) is 0.0435. The van der Waals surface area contributed by atoms with Crippen LogP contribution in [0.3, 0.4) is 0 Å². The molecule has 0 atom stereocenters. The molecule has 0 bridgehead atoms. The zero-order chi connectivity index (χ0) is 20.5. The molecule has 4 aromatic rings. The summed E-state index contributed by atoms with van der Waals surface area (Å²) in [6.07, 6.45) is 0. The molecule has 4 nitrogen and oxygen atoms in total. The molecule has 1 N–H and O–H groups in total. The number of aromatic carboxylic acids is 1. The molecular formula is C23H15BrFNO3. The van der Waals surface area contributed by atoms with Gasteiger partial charge in [0.1, 0.15) is 11.5 Å². The van der Waals surface area contributed by atoms with Crippen LogP contribution >= 0.6 is 15.9 Å². The minimum atomic E-state index is -1.25. The second-order valence-corrected chi connectivity index (χ2v) is 7.48. The van der Waals surface area contributed by atoms with E-state index in [1.54, 1.807) is 60.7 Å². The number of hydrogen-bond acceptors (Lipinski definition) is 2. The molecule has 0 aliphatic rings. The van der Waals surface area contributed by atoms with Crippen LogP contribution in [-0.4, -0.2) is 15.6 Å². The fourth-order valence-electron chi connectivity index (χ4n) is 3.49. The third-order valence-corrected chi connectivity index (χ3v) is 5.28. The zero-order valence-corrected chi connectivity index (χ0v) is 16.7. The Morgan fingerprint density at radius 2 is 1.66 bits per heavy atom. The van der Waals surface area contributed by atoms with Crippen molar-refractivity contribution < 1.29 is 14.3 Å². The van der Waals surface area contributed by atoms with Crippen LogP contribution in [0.15, 0.2) is 82.1 Å². The van der Waals surface area contributed by atoms with Crippen molar-refractivity contribution in [3.8, 4) is 11.1 Å². The molecule has 3 aromatic carbocycles. The van der Waals surface area contributed by atoms with Crippen LogP contribution in [0.5, 0.6) is 0 Å². The second kappa shape index (κ2) is 7.64. The van der Waals surface area contributed by atoms with E-state index in [1.807, 2.05) is 6.07 Å². The van der Waals surface area contributed by atoms with Gasteiger partial charge >= 0.3 is 5.97 Å². The van der Waals surface area contributed by atoms with E-state index in [1.165, 1.54) is 6.07 Å². The lowest BCUT2D eigenvalue weighted by molar-refractivity contribution is 0.0685. The van der Waals surface area contributed by atoms with E-state index in [4.69, 9.17) is 0 Å². The highest BCUT2D eigenvalue weighted by atomic mass is 79.9. The SMILES string of the molecule is O=C(O)c1c(-c2ccccc2)c2cc(Br)ccc2c(=O)n1Cc1ccccc1F.